The van der Waals surface area contributed by atoms with E-state index in [1.807, 2.05) is 6.92 Å². The number of halogens is 3. The van der Waals surface area contributed by atoms with Crippen molar-refractivity contribution < 1.29 is 21.6 Å². The van der Waals surface area contributed by atoms with Crippen molar-refractivity contribution in [1.82, 2.24) is 4.72 Å². The van der Waals surface area contributed by atoms with E-state index in [9.17, 15) is 21.6 Å². The van der Waals surface area contributed by atoms with E-state index in [4.69, 9.17) is 0 Å². The van der Waals surface area contributed by atoms with Crippen LogP contribution < -0.4 is 4.72 Å². The SMILES string of the molecule is Cc1ccc(S(=O)(=O)N[C@@H]2CCC[C@@H](C(F)(F)F)C2)cc1. The van der Waals surface area contributed by atoms with E-state index in [1.54, 1.807) is 12.1 Å². The molecule has 118 valence electrons. The van der Waals surface area contributed by atoms with Crippen LogP contribution in [0.25, 0.3) is 0 Å². The summed E-state index contributed by atoms with van der Waals surface area (Å²) in [6.07, 6.45) is -3.54. The summed E-state index contributed by atoms with van der Waals surface area (Å²) in [5.74, 6) is -1.42. The maximum absolute atomic E-state index is 12.7. The van der Waals surface area contributed by atoms with Crippen LogP contribution in [0.2, 0.25) is 0 Å². The van der Waals surface area contributed by atoms with Gasteiger partial charge >= 0.3 is 6.18 Å². The molecule has 1 fully saturated rings. The molecule has 1 N–H and O–H groups in total. The zero-order valence-electron chi connectivity index (χ0n) is 11.7. The van der Waals surface area contributed by atoms with Crippen molar-refractivity contribution in [3.8, 4) is 0 Å². The number of hydrogen-bond acceptors (Lipinski definition) is 2. The fourth-order valence-corrected chi connectivity index (χ4v) is 3.88. The molecule has 1 aliphatic carbocycles. The molecule has 0 radical (unpaired) electrons. The van der Waals surface area contributed by atoms with Gasteiger partial charge in [0.2, 0.25) is 10.0 Å². The van der Waals surface area contributed by atoms with E-state index in [-0.39, 0.29) is 17.7 Å². The third-order valence-corrected chi connectivity index (χ3v) is 5.33. The minimum absolute atomic E-state index is 0.0757. The molecule has 1 aromatic rings. The lowest BCUT2D eigenvalue weighted by Crippen LogP contribution is -2.41. The summed E-state index contributed by atoms with van der Waals surface area (Å²) in [4.78, 5) is 0.0854. The van der Waals surface area contributed by atoms with Crippen molar-refractivity contribution in [3.05, 3.63) is 29.8 Å². The van der Waals surface area contributed by atoms with Gasteiger partial charge in [0.15, 0.2) is 0 Å². The molecule has 1 saturated carbocycles. The number of hydrogen-bond donors (Lipinski definition) is 1. The first-order valence-electron chi connectivity index (χ1n) is 6.84. The average molecular weight is 321 g/mol. The molecule has 0 spiro atoms. The van der Waals surface area contributed by atoms with E-state index < -0.39 is 28.2 Å². The van der Waals surface area contributed by atoms with E-state index >= 15 is 0 Å². The number of benzene rings is 1. The van der Waals surface area contributed by atoms with Gasteiger partial charge in [0.25, 0.3) is 0 Å². The monoisotopic (exact) mass is 321 g/mol. The van der Waals surface area contributed by atoms with Crippen LogP contribution in [0.3, 0.4) is 0 Å². The third-order valence-electron chi connectivity index (χ3n) is 3.79. The lowest BCUT2D eigenvalue weighted by Gasteiger charge is -2.30. The van der Waals surface area contributed by atoms with Crippen molar-refractivity contribution in [2.45, 2.75) is 49.7 Å². The lowest BCUT2D eigenvalue weighted by atomic mass is 9.86. The van der Waals surface area contributed by atoms with E-state index in [0.717, 1.165) is 5.56 Å². The Hall–Kier alpha value is -1.08. The van der Waals surface area contributed by atoms with E-state index in [1.165, 1.54) is 12.1 Å². The highest BCUT2D eigenvalue weighted by Gasteiger charge is 2.42. The number of aryl methyl sites for hydroxylation is 1. The summed E-state index contributed by atoms with van der Waals surface area (Å²) in [6, 6.07) is 5.59. The van der Waals surface area contributed by atoms with Crippen molar-refractivity contribution >= 4 is 10.0 Å². The van der Waals surface area contributed by atoms with Gasteiger partial charge in [-0.15, -0.1) is 0 Å². The van der Waals surface area contributed by atoms with Crippen molar-refractivity contribution in [1.29, 1.82) is 0 Å². The molecular formula is C14H18F3NO2S. The van der Waals surface area contributed by atoms with Crippen LogP contribution in [0, 0.1) is 12.8 Å². The molecule has 1 aliphatic rings. The van der Waals surface area contributed by atoms with Gasteiger partial charge < -0.3 is 0 Å². The van der Waals surface area contributed by atoms with Crippen LogP contribution in [0.15, 0.2) is 29.2 Å². The summed E-state index contributed by atoms with van der Waals surface area (Å²) in [5.41, 5.74) is 0.920. The fourth-order valence-electron chi connectivity index (χ4n) is 2.60. The summed E-state index contributed by atoms with van der Waals surface area (Å²) in [5, 5.41) is 0. The average Bonchev–Trinajstić information content (AvgIpc) is 2.38. The largest absolute Gasteiger partial charge is 0.391 e. The van der Waals surface area contributed by atoms with Crippen molar-refractivity contribution in [2.24, 2.45) is 5.92 Å². The molecule has 3 nitrogen and oxygen atoms in total. The molecule has 1 aromatic carbocycles. The predicted molar refractivity (Wildman–Crippen MR) is 73.3 cm³/mol. The van der Waals surface area contributed by atoms with Gasteiger partial charge in [-0.05, 0) is 38.3 Å². The molecule has 2 rings (SSSR count). The van der Waals surface area contributed by atoms with Crippen LogP contribution in [0.5, 0.6) is 0 Å². The molecular weight excluding hydrogens is 303 g/mol. The smallest absolute Gasteiger partial charge is 0.208 e. The Morgan fingerprint density at radius 1 is 1.14 bits per heavy atom. The molecule has 0 bridgehead atoms. The molecule has 21 heavy (non-hydrogen) atoms. The molecule has 0 aromatic heterocycles. The maximum atomic E-state index is 12.7. The van der Waals surface area contributed by atoms with Gasteiger partial charge in [-0.3, -0.25) is 0 Å². The van der Waals surface area contributed by atoms with E-state index in [2.05, 4.69) is 4.72 Å². The third kappa shape index (κ3) is 4.20. The molecule has 0 saturated heterocycles. The van der Waals surface area contributed by atoms with Crippen LogP contribution in [0.1, 0.15) is 31.2 Å². The molecule has 0 heterocycles. The molecule has 0 aliphatic heterocycles. The summed E-state index contributed by atoms with van der Waals surface area (Å²) in [7, 11) is -3.76. The highest BCUT2D eigenvalue weighted by atomic mass is 32.2. The highest BCUT2D eigenvalue weighted by molar-refractivity contribution is 7.89. The van der Waals surface area contributed by atoms with Crippen molar-refractivity contribution in [2.75, 3.05) is 0 Å². The van der Waals surface area contributed by atoms with Crippen molar-refractivity contribution in [3.63, 3.8) is 0 Å². The zero-order chi connectivity index (χ0) is 15.7. The quantitative estimate of drug-likeness (QED) is 0.927. The number of sulfonamides is 1. The van der Waals surface area contributed by atoms with Gasteiger partial charge in [0.05, 0.1) is 10.8 Å². The molecule has 0 amide bonds. The topological polar surface area (TPSA) is 46.2 Å². The summed E-state index contributed by atoms with van der Waals surface area (Å²) in [6.45, 7) is 1.83. The van der Waals surface area contributed by atoms with Crippen LogP contribution in [-0.4, -0.2) is 20.6 Å². The summed E-state index contributed by atoms with van der Waals surface area (Å²) < 4.78 is 65.0. The minimum Gasteiger partial charge on any atom is -0.208 e. The van der Waals surface area contributed by atoms with Gasteiger partial charge in [0, 0.05) is 6.04 Å². The van der Waals surface area contributed by atoms with Gasteiger partial charge in [0.1, 0.15) is 0 Å². The van der Waals surface area contributed by atoms with Crippen LogP contribution in [-0.2, 0) is 10.0 Å². The Morgan fingerprint density at radius 2 is 1.76 bits per heavy atom. The van der Waals surface area contributed by atoms with Crippen LogP contribution >= 0.6 is 0 Å². The Balaban J connectivity index is 2.08. The Morgan fingerprint density at radius 3 is 2.33 bits per heavy atom. The Bertz CT molecular complexity index is 581. The number of nitrogens with one attached hydrogen (secondary N) is 1. The number of rotatable bonds is 3. The summed E-state index contributed by atoms with van der Waals surface area (Å²) >= 11 is 0. The second-order valence-electron chi connectivity index (χ2n) is 5.54. The molecule has 2 atom stereocenters. The lowest BCUT2D eigenvalue weighted by molar-refractivity contribution is -0.183. The van der Waals surface area contributed by atoms with E-state index in [0.29, 0.717) is 12.8 Å². The zero-order valence-corrected chi connectivity index (χ0v) is 12.5. The Kier molecular flexibility index (Phi) is 4.63. The normalized spacial score (nSPS) is 24.0. The highest BCUT2D eigenvalue weighted by Crippen LogP contribution is 2.37. The first-order chi connectivity index (χ1) is 9.68. The van der Waals surface area contributed by atoms with Crippen LogP contribution in [0.4, 0.5) is 13.2 Å². The molecule has 7 heteroatoms. The predicted octanol–water partition coefficient (Wildman–Crippen LogP) is 3.39. The standard InChI is InChI=1S/C14H18F3NO2S/c1-10-5-7-13(8-6-10)21(19,20)18-12-4-2-3-11(9-12)14(15,16)17/h5-8,11-12,18H,2-4,9H2,1H3/t11-,12-/m1/s1. The minimum atomic E-state index is -4.26. The first kappa shape index (κ1) is 16.3. The fraction of sp³-hybridized carbons (Fsp3) is 0.571. The second-order valence-corrected chi connectivity index (χ2v) is 7.25. The molecule has 0 unspecified atom stereocenters. The van der Waals surface area contributed by atoms with Gasteiger partial charge in [-0.25, -0.2) is 13.1 Å². The second kappa shape index (κ2) is 5.96. The maximum Gasteiger partial charge on any atom is 0.391 e. The first-order valence-corrected chi connectivity index (χ1v) is 8.32. The number of alkyl halides is 3. The Labute approximate surface area is 122 Å². The van der Waals surface area contributed by atoms with Gasteiger partial charge in [-0.2, -0.15) is 13.2 Å². The van der Waals surface area contributed by atoms with Gasteiger partial charge in [-0.1, -0.05) is 24.1 Å².